The quantitative estimate of drug-likeness (QED) is 0.774. The van der Waals surface area contributed by atoms with E-state index in [2.05, 4.69) is 0 Å². The Morgan fingerprint density at radius 3 is 2.29 bits per heavy atom. The summed E-state index contributed by atoms with van der Waals surface area (Å²) in [7, 11) is 0. The van der Waals surface area contributed by atoms with Crippen LogP contribution in [0, 0.1) is 0 Å². The molecule has 1 aromatic rings. The van der Waals surface area contributed by atoms with E-state index in [9.17, 15) is 13.9 Å². The molecule has 1 aromatic carbocycles. The lowest BCUT2D eigenvalue weighted by Gasteiger charge is -2.41. The first-order chi connectivity index (χ1) is 6.67. The number of benzene rings is 1. The van der Waals surface area contributed by atoms with Crippen molar-refractivity contribution < 1.29 is 13.9 Å². The zero-order valence-corrected chi connectivity index (χ0v) is 7.71. The van der Waals surface area contributed by atoms with Gasteiger partial charge in [-0.05, 0) is 18.9 Å². The van der Waals surface area contributed by atoms with Gasteiger partial charge in [0, 0.05) is 5.56 Å². The van der Waals surface area contributed by atoms with E-state index >= 15 is 0 Å². The fourth-order valence-electron chi connectivity index (χ4n) is 2.06. The largest absolute Gasteiger partial charge is 0.508 e. The van der Waals surface area contributed by atoms with Gasteiger partial charge in [-0.2, -0.15) is 0 Å². The summed E-state index contributed by atoms with van der Waals surface area (Å²) in [6, 6.07) is 6.41. The van der Waals surface area contributed by atoms with Gasteiger partial charge in [0.05, 0.1) is 5.41 Å². The highest BCUT2D eigenvalue weighted by Gasteiger charge is 2.48. The standard InChI is InChI=1S/C11H12F2O/c12-10(13)11(6-3-7-11)8-4-1-2-5-9(8)14/h1-2,4-5,10,14H,3,6-7H2. The van der Waals surface area contributed by atoms with Gasteiger partial charge in [0.1, 0.15) is 5.75 Å². The third-order valence-corrected chi connectivity index (χ3v) is 3.10. The first-order valence-electron chi connectivity index (χ1n) is 4.73. The molecule has 0 spiro atoms. The molecule has 1 saturated carbocycles. The van der Waals surface area contributed by atoms with Crippen molar-refractivity contribution in [3.8, 4) is 5.75 Å². The van der Waals surface area contributed by atoms with Crippen molar-refractivity contribution in [3.05, 3.63) is 29.8 Å². The molecule has 3 heteroatoms. The molecule has 1 aliphatic carbocycles. The van der Waals surface area contributed by atoms with Crippen molar-refractivity contribution in [1.82, 2.24) is 0 Å². The van der Waals surface area contributed by atoms with Crippen LogP contribution in [0.1, 0.15) is 24.8 Å². The summed E-state index contributed by atoms with van der Waals surface area (Å²) in [6.45, 7) is 0. The molecule has 0 aromatic heterocycles. The van der Waals surface area contributed by atoms with Gasteiger partial charge >= 0.3 is 0 Å². The van der Waals surface area contributed by atoms with Gasteiger partial charge in [0.15, 0.2) is 0 Å². The van der Waals surface area contributed by atoms with Crippen LogP contribution in [0.5, 0.6) is 5.75 Å². The lowest BCUT2D eigenvalue weighted by atomic mass is 9.64. The normalized spacial score (nSPS) is 19.4. The minimum atomic E-state index is -2.38. The second-order valence-electron chi connectivity index (χ2n) is 3.83. The summed E-state index contributed by atoms with van der Waals surface area (Å²) in [6.07, 6.45) is -0.618. The zero-order valence-electron chi connectivity index (χ0n) is 7.71. The van der Waals surface area contributed by atoms with Crippen LogP contribution >= 0.6 is 0 Å². The summed E-state index contributed by atoms with van der Waals surface area (Å²) in [4.78, 5) is 0. The molecule has 0 aliphatic heterocycles. The summed E-state index contributed by atoms with van der Waals surface area (Å²) in [5, 5.41) is 9.53. The first kappa shape index (κ1) is 9.44. The number of halogens is 2. The van der Waals surface area contributed by atoms with E-state index in [4.69, 9.17) is 0 Å². The fourth-order valence-corrected chi connectivity index (χ4v) is 2.06. The van der Waals surface area contributed by atoms with Crippen LogP contribution in [-0.4, -0.2) is 11.5 Å². The average molecular weight is 198 g/mol. The predicted octanol–water partition coefficient (Wildman–Crippen LogP) is 3.08. The van der Waals surface area contributed by atoms with E-state index in [0.29, 0.717) is 18.4 Å². The number of aromatic hydroxyl groups is 1. The van der Waals surface area contributed by atoms with Crippen molar-refractivity contribution >= 4 is 0 Å². The van der Waals surface area contributed by atoms with Crippen molar-refractivity contribution in [2.75, 3.05) is 0 Å². The molecule has 0 atom stereocenters. The van der Waals surface area contributed by atoms with E-state index in [1.54, 1.807) is 18.2 Å². The minimum absolute atomic E-state index is 0.00694. The Morgan fingerprint density at radius 2 is 1.86 bits per heavy atom. The highest BCUT2D eigenvalue weighted by molar-refractivity contribution is 5.40. The number of phenolic OH excluding ortho intramolecular Hbond substituents is 1. The van der Waals surface area contributed by atoms with Crippen LogP contribution in [0.4, 0.5) is 8.78 Å². The maximum atomic E-state index is 12.9. The molecule has 0 unspecified atom stereocenters. The number of hydrogen-bond donors (Lipinski definition) is 1. The van der Waals surface area contributed by atoms with E-state index in [-0.39, 0.29) is 5.75 Å². The Morgan fingerprint density at radius 1 is 1.21 bits per heavy atom. The SMILES string of the molecule is Oc1ccccc1C1(C(F)F)CCC1. The lowest BCUT2D eigenvalue weighted by Crippen LogP contribution is -2.41. The Bertz CT molecular complexity index is 332. The highest BCUT2D eigenvalue weighted by Crippen LogP contribution is 2.50. The average Bonchev–Trinajstić information content (AvgIpc) is 2.05. The molecule has 2 rings (SSSR count). The Labute approximate surface area is 81.4 Å². The Kier molecular flexibility index (Phi) is 2.17. The van der Waals surface area contributed by atoms with E-state index in [1.807, 2.05) is 0 Å². The highest BCUT2D eigenvalue weighted by atomic mass is 19.3. The van der Waals surface area contributed by atoms with Crippen molar-refractivity contribution in [2.24, 2.45) is 0 Å². The predicted molar refractivity (Wildman–Crippen MR) is 49.6 cm³/mol. The Balaban J connectivity index is 2.42. The number of rotatable bonds is 2. The second kappa shape index (κ2) is 3.23. The number of alkyl halides is 2. The topological polar surface area (TPSA) is 20.2 Å². The third-order valence-electron chi connectivity index (χ3n) is 3.10. The van der Waals surface area contributed by atoms with Crippen LogP contribution in [0.15, 0.2) is 24.3 Å². The van der Waals surface area contributed by atoms with Gasteiger partial charge in [-0.25, -0.2) is 8.78 Å². The summed E-state index contributed by atoms with van der Waals surface area (Å²) in [5.74, 6) is -0.00694. The molecule has 1 N–H and O–H groups in total. The van der Waals surface area contributed by atoms with Crippen LogP contribution in [0.2, 0.25) is 0 Å². The molecular formula is C11H12F2O. The summed E-state index contributed by atoms with van der Waals surface area (Å²) < 4.78 is 25.8. The van der Waals surface area contributed by atoms with Crippen LogP contribution < -0.4 is 0 Å². The van der Waals surface area contributed by atoms with Gasteiger partial charge in [0.25, 0.3) is 0 Å². The van der Waals surface area contributed by atoms with Gasteiger partial charge in [0.2, 0.25) is 6.43 Å². The molecular weight excluding hydrogens is 186 g/mol. The molecule has 0 radical (unpaired) electrons. The Hall–Kier alpha value is -1.12. The van der Waals surface area contributed by atoms with Gasteiger partial charge in [-0.3, -0.25) is 0 Å². The van der Waals surface area contributed by atoms with Gasteiger partial charge in [-0.1, -0.05) is 24.6 Å². The van der Waals surface area contributed by atoms with Gasteiger partial charge < -0.3 is 5.11 Å². The monoisotopic (exact) mass is 198 g/mol. The lowest BCUT2D eigenvalue weighted by molar-refractivity contribution is -0.000521. The minimum Gasteiger partial charge on any atom is -0.508 e. The summed E-state index contributed by atoms with van der Waals surface area (Å²) >= 11 is 0. The molecule has 0 saturated heterocycles. The maximum Gasteiger partial charge on any atom is 0.248 e. The van der Waals surface area contributed by atoms with Crippen LogP contribution in [-0.2, 0) is 5.41 Å². The molecule has 1 aliphatic rings. The number of para-hydroxylation sites is 1. The van der Waals surface area contributed by atoms with Crippen LogP contribution in [0.25, 0.3) is 0 Å². The third kappa shape index (κ3) is 1.19. The molecule has 0 bridgehead atoms. The van der Waals surface area contributed by atoms with Crippen molar-refractivity contribution in [3.63, 3.8) is 0 Å². The molecule has 0 heterocycles. The second-order valence-corrected chi connectivity index (χ2v) is 3.83. The fraction of sp³-hybridized carbons (Fsp3) is 0.455. The number of phenols is 1. The summed E-state index contributed by atoms with van der Waals surface area (Å²) in [5.41, 5.74) is -0.674. The smallest absolute Gasteiger partial charge is 0.248 e. The maximum absolute atomic E-state index is 12.9. The van der Waals surface area contributed by atoms with E-state index in [1.165, 1.54) is 6.07 Å². The zero-order chi connectivity index (χ0) is 10.2. The molecule has 76 valence electrons. The molecule has 0 amide bonds. The van der Waals surface area contributed by atoms with Crippen molar-refractivity contribution in [1.29, 1.82) is 0 Å². The van der Waals surface area contributed by atoms with Gasteiger partial charge in [-0.15, -0.1) is 0 Å². The van der Waals surface area contributed by atoms with E-state index < -0.39 is 11.8 Å². The van der Waals surface area contributed by atoms with E-state index in [0.717, 1.165) is 6.42 Å². The van der Waals surface area contributed by atoms with Crippen molar-refractivity contribution in [2.45, 2.75) is 31.1 Å². The molecule has 14 heavy (non-hydrogen) atoms. The molecule has 1 nitrogen and oxygen atoms in total. The van der Waals surface area contributed by atoms with Crippen LogP contribution in [0.3, 0.4) is 0 Å². The first-order valence-corrected chi connectivity index (χ1v) is 4.73. The number of hydrogen-bond acceptors (Lipinski definition) is 1. The molecule has 1 fully saturated rings.